The Morgan fingerprint density at radius 1 is 1.52 bits per heavy atom. The van der Waals surface area contributed by atoms with Crippen molar-refractivity contribution in [2.45, 2.75) is 26.3 Å². The maximum Gasteiger partial charge on any atom is 0.307 e. The molecule has 1 aliphatic rings. The second-order valence-electron chi connectivity index (χ2n) is 5.17. The summed E-state index contributed by atoms with van der Waals surface area (Å²) in [5, 5.41) is 9.01. The molecule has 8 heteroatoms. The van der Waals surface area contributed by atoms with E-state index in [9.17, 15) is 13.2 Å². The minimum Gasteiger partial charge on any atom is -0.481 e. The summed E-state index contributed by atoms with van der Waals surface area (Å²) in [5.41, 5.74) is 1.62. The van der Waals surface area contributed by atoms with Crippen LogP contribution in [0.2, 0.25) is 0 Å². The number of carbonyl (C=O) groups is 1. The summed E-state index contributed by atoms with van der Waals surface area (Å²) >= 11 is 0. The lowest BCUT2D eigenvalue weighted by Crippen LogP contribution is -2.47. The van der Waals surface area contributed by atoms with Crippen molar-refractivity contribution >= 4 is 16.2 Å². The summed E-state index contributed by atoms with van der Waals surface area (Å²) in [6, 6.07) is 3.62. The van der Waals surface area contributed by atoms with Gasteiger partial charge in [0.25, 0.3) is 10.2 Å². The molecule has 2 rings (SSSR count). The van der Waals surface area contributed by atoms with Crippen molar-refractivity contribution in [1.29, 1.82) is 0 Å². The van der Waals surface area contributed by atoms with Crippen molar-refractivity contribution in [2.24, 2.45) is 5.92 Å². The van der Waals surface area contributed by atoms with E-state index < -0.39 is 22.1 Å². The van der Waals surface area contributed by atoms with Crippen LogP contribution >= 0.6 is 0 Å². The molecule has 1 saturated heterocycles. The van der Waals surface area contributed by atoms with Gasteiger partial charge in [-0.05, 0) is 31.4 Å². The van der Waals surface area contributed by atoms with Crippen LogP contribution in [0.1, 0.15) is 24.1 Å². The average molecular weight is 313 g/mol. The Morgan fingerprint density at radius 2 is 2.29 bits per heavy atom. The molecule has 1 fully saturated rings. The fourth-order valence-electron chi connectivity index (χ4n) is 2.23. The smallest absolute Gasteiger partial charge is 0.307 e. The van der Waals surface area contributed by atoms with Crippen LogP contribution in [0.4, 0.5) is 0 Å². The third-order valence-corrected chi connectivity index (χ3v) is 5.03. The van der Waals surface area contributed by atoms with Gasteiger partial charge in [-0.1, -0.05) is 6.07 Å². The van der Waals surface area contributed by atoms with Crippen molar-refractivity contribution in [3.05, 3.63) is 29.6 Å². The molecule has 1 atom stereocenters. The number of hydrogen-bond donors (Lipinski definition) is 2. The number of piperidine rings is 1. The standard InChI is InChI=1S/C13H19N3O4S/c1-10-4-5-11(7-14-10)8-15-21(19,20)16-6-2-3-12(9-16)13(17)18/h4-5,7,12,15H,2-3,6,8-9H2,1H3,(H,17,18). The Balaban J connectivity index is 1.97. The van der Waals surface area contributed by atoms with Gasteiger partial charge in [0, 0.05) is 31.5 Å². The minimum absolute atomic E-state index is 0.0246. The number of hydrogen-bond acceptors (Lipinski definition) is 4. The van der Waals surface area contributed by atoms with Gasteiger partial charge in [0.05, 0.1) is 5.92 Å². The summed E-state index contributed by atoms with van der Waals surface area (Å²) in [5.74, 6) is -1.57. The fourth-order valence-corrected chi connectivity index (χ4v) is 3.51. The van der Waals surface area contributed by atoms with Crippen molar-refractivity contribution in [3.63, 3.8) is 0 Å². The molecule has 2 heterocycles. The molecule has 0 spiro atoms. The number of pyridine rings is 1. The Labute approximate surface area is 124 Å². The maximum absolute atomic E-state index is 12.2. The van der Waals surface area contributed by atoms with Crippen LogP contribution in [0.3, 0.4) is 0 Å². The molecule has 116 valence electrons. The number of aryl methyl sites for hydroxylation is 1. The SMILES string of the molecule is Cc1ccc(CNS(=O)(=O)N2CCCC(C(=O)O)C2)cn1. The molecule has 1 aromatic rings. The zero-order valence-corrected chi connectivity index (χ0v) is 12.6. The van der Waals surface area contributed by atoms with Gasteiger partial charge in [-0.15, -0.1) is 0 Å². The van der Waals surface area contributed by atoms with E-state index >= 15 is 0 Å². The van der Waals surface area contributed by atoms with Crippen molar-refractivity contribution in [2.75, 3.05) is 13.1 Å². The maximum atomic E-state index is 12.2. The zero-order valence-electron chi connectivity index (χ0n) is 11.8. The highest BCUT2D eigenvalue weighted by molar-refractivity contribution is 7.87. The highest BCUT2D eigenvalue weighted by Gasteiger charge is 2.31. The third-order valence-electron chi connectivity index (χ3n) is 3.50. The largest absolute Gasteiger partial charge is 0.481 e. The van der Waals surface area contributed by atoms with Gasteiger partial charge < -0.3 is 5.11 Å². The van der Waals surface area contributed by atoms with Crippen molar-refractivity contribution < 1.29 is 18.3 Å². The van der Waals surface area contributed by atoms with Gasteiger partial charge in [-0.3, -0.25) is 9.78 Å². The van der Waals surface area contributed by atoms with Crippen LogP contribution in [0.5, 0.6) is 0 Å². The lowest BCUT2D eigenvalue weighted by atomic mass is 10.0. The zero-order chi connectivity index (χ0) is 15.5. The summed E-state index contributed by atoms with van der Waals surface area (Å²) < 4.78 is 28.1. The van der Waals surface area contributed by atoms with E-state index in [4.69, 9.17) is 5.11 Å². The molecule has 21 heavy (non-hydrogen) atoms. The lowest BCUT2D eigenvalue weighted by Gasteiger charge is -2.29. The van der Waals surface area contributed by atoms with E-state index in [-0.39, 0.29) is 13.1 Å². The van der Waals surface area contributed by atoms with E-state index in [2.05, 4.69) is 9.71 Å². The molecule has 2 N–H and O–H groups in total. The number of rotatable bonds is 5. The number of nitrogens with zero attached hydrogens (tertiary/aromatic N) is 2. The number of carboxylic acids is 1. The summed E-state index contributed by atoms with van der Waals surface area (Å²) in [4.78, 5) is 15.1. The minimum atomic E-state index is -3.67. The average Bonchev–Trinajstić information content (AvgIpc) is 2.47. The highest BCUT2D eigenvalue weighted by atomic mass is 32.2. The molecular formula is C13H19N3O4S. The van der Waals surface area contributed by atoms with E-state index in [0.717, 1.165) is 11.3 Å². The summed E-state index contributed by atoms with van der Waals surface area (Å²) in [6.45, 7) is 2.37. The third kappa shape index (κ3) is 4.23. The van der Waals surface area contributed by atoms with Crippen LogP contribution in [0.25, 0.3) is 0 Å². The van der Waals surface area contributed by atoms with Gasteiger partial charge in [0.1, 0.15) is 0 Å². The molecule has 0 bridgehead atoms. The number of aliphatic carboxylic acids is 1. The van der Waals surface area contributed by atoms with Gasteiger partial charge in [-0.2, -0.15) is 17.4 Å². The lowest BCUT2D eigenvalue weighted by molar-refractivity contribution is -0.142. The van der Waals surface area contributed by atoms with E-state index in [1.165, 1.54) is 4.31 Å². The molecule has 0 saturated carbocycles. The Kier molecular flexibility index (Phi) is 4.92. The molecule has 0 amide bonds. The monoisotopic (exact) mass is 313 g/mol. The van der Waals surface area contributed by atoms with Crippen LogP contribution in [0, 0.1) is 12.8 Å². The van der Waals surface area contributed by atoms with Gasteiger partial charge >= 0.3 is 5.97 Å². The Hall–Kier alpha value is -1.51. The molecule has 0 radical (unpaired) electrons. The van der Waals surface area contributed by atoms with Crippen molar-refractivity contribution in [1.82, 2.24) is 14.0 Å². The van der Waals surface area contributed by atoms with E-state index in [0.29, 0.717) is 19.4 Å². The first kappa shape index (κ1) is 15.9. The second-order valence-corrected chi connectivity index (χ2v) is 6.92. The molecular weight excluding hydrogens is 294 g/mol. The Morgan fingerprint density at radius 3 is 2.90 bits per heavy atom. The normalized spacial score (nSPS) is 20.3. The molecule has 1 aliphatic heterocycles. The predicted molar refractivity (Wildman–Crippen MR) is 76.7 cm³/mol. The number of carboxylic acid groups (broad SMARTS) is 1. The van der Waals surface area contributed by atoms with Crippen molar-refractivity contribution in [3.8, 4) is 0 Å². The Bertz CT molecular complexity index is 600. The highest BCUT2D eigenvalue weighted by Crippen LogP contribution is 2.18. The first-order chi connectivity index (χ1) is 9.88. The molecule has 0 aliphatic carbocycles. The first-order valence-corrected chi connectivity index (χ1v) is 8.21. The first-order valence-electron chi connectivity index (χ1n) is 6.77. The number of aromatic nitrogens is 1. The van der Waals surface area contributed by atoms with Gasteiger partial charge in [0.2, 0.25) is 0 Å². The van der Waals surface area contributed by atoms with Crippen LogP contribution in [0.15, 0.2) is 18.3 Å². The quantitative estimate of drug-likeness (QED) is 0.825. The summed E-state index contributed by atoms with van der Waals surface area (Å²) in [6.07, 6.45) is 2.70. The van der Waals surface area contributed by atoms with E-state index in [1.807, 2.05) is 13.0 Å². The molecule has 0 aromatic carbocycles. The van der Waals surface area contributed by atoms with Crippen LogP contribution in [-0.4, -0.2) is 41.9 Å². The summed E-state index contributed by atoms with van der Waals surface area (Å²) in [7, 11) is -3.67. The molecule has 1 unspecified atom stereocenters. The topological polar surface area (TPSA) is 99.6 Å². The van der Waals surface area contributed by atoms with Gasteiger partial charge in [0.15, 0.2) is 0 Å². The van der Waals surface area contributed by atoms with Crippen LogP contribution in [-0.2, 0) is 21.5 Å². The molecule has 1 aromatic heterocycles. The van der Waals surface area contributed by atoms with Gasteiger partial charge in [-0.25, -0.2) is 0 Å². The fraction of sp³-hybridized carbons (Fsp3) is 0.538. The molecule has 7 nitrogen and oxygen atoms in total. The van der Waals surface area contributed by atoms with Crippen LogP contribution < -0.4 is 4.72 Å². The number of nitrogens with one attached hydrogen (secondary N) is 1. The predicted octanol–water partition coefficient (Wildman–Crippen LogP) is 0.521. The second kappa shape index (κ2) is 6.50. The van der Waals surface area contributed by atoms with E-state index in [1.54, 1.807) is 12.3 Å².